The van der Waals surface area contributed by atoms with Crippen LogP contribution in [0.2, 0.25) is 0 Å². The van der Waals surface area contributed by atoms with E-state index in [9.17, 15) is 14.7 Å². The highest BCUT2D eigenvalue weighted by Crippen LogP contribution is 2.21. The van der Waals surface area contributed by atoms with Gasteiger partial charge in [-0.3, -0.25) is 9.59 Å². The molecular formula is C18H26N2O3. The summed E-state index contributed by atoms with van der Waals surface area (Å²) < 4.78 is 0. The number of carbonyl (C=O) groups excluding carboxylic acids is 2. The fraction of sp³-hybridized carbons (Fsp3) is 0.556. The molecule has 1 unspecified atom stereocenters. The predicted octanol–water partition coefficient (Wildman–Crippen LogP) is 1.77. The van der Waals surface area contributed by atoms with Gasteiger partial charge in [0.05, 0.1) is 6.10 Å². The van der Waals surface area contributed by atoms with Crippen LogP contribution < -0.4 is 0 Å². The Morgan fingerprint density at radius 3 is 2.43 bits per heavy atom. The molecule has 2 amide bonds. The van der Waals surface area contributed by atoms with Gasteiger partial charge in [-0.2, -0.15) is 0 Å². The van der Waals surface area contributed by atoms with E-state index < -0.39 is 6.10 Å². The van der Waals surface area contributed by atoms with Crippen molar-refractivity contribution in [2.45, 2.75) is 32.3 Å². The van der Waals surface area contributed by atoms with Gasteiger partial charge >= 0.3 is 0 Å². The molecule has 2 rings (SSSR count). The molecule has 1 aliphatic heterocycles. The number of piperidine rings is 1. The quantitative estimate of drug-likeness (QED) is 0.900. The molecular weight excluding hydrogens is 292 g/mol. The second kappa shape index (κ2) is 8.11. The van der Waals surface area contributed by atoms with E-state index >= 15 is 0 Å². The van der Waals surface area contributed by atoms with Crippen molar-refractivity contribution in [2.24, 2.45) is 5.92 Å². The second-order valence-electron chi connectivity index (χ2n) is 6.33. The first-order valence-corrected chi connectivity index (χ1v) is 8.26. The lowest BCUT2D eigenvalue weighted by atomic mass is 9.94. The molecule has 23 heavy (non-hydrogen) atoms. The lowest BCUT2D eigenvalue weighted by Gasteiger charge is -2.33. The molecule has 1 saturated heterocycles. The van der Waals surface area contributed by atoms with Gasteiger partial charge in [0.25, 0.3) is 5.91 Å². The van der Waals surface area contributed by atoms with Crippen LogP contribution in [0.5, 0.6) is 0 Å². The summed E-state index contributed by atoms with van der Waals surface area (Å²) in [5, 5.41) is 9.32. The smallest absolute Gasteiger partial charge is 0.253 e. The van der Waals surface area contributed by atoms with Gasteiger partial charge in [-0.1, -0.05) is 18.2 Å². The first-order chi connectivity index (χ1) is 11.0. The zero-order chi connectivity index (χ0) is 16.8. The summed E-state index contributed by atoms with van der Waals surface area (Å²) in [6.45, 7) is 3.54. The highest BCUT2D eigenvalue weighted by Gasteiger charge is 2.29. The summed E-state index contributed by atoms with van der Waals surface area (Å²) in [4.78, 5) is 28.3. The maximum Gasteiger partial charge on any atom is 0.253 e. The Kier molecular flexibility index (Phi) is 6.16. The van der Waals surface area contributed by atoms with Gasteiger partial charge in [0.2, 0.25) is 5.91 Å². The van der Waals surface area contributed by atoms with Gasteiger partial charge in [-0.05, 0) is 38.3 Å². The molecule has 0 radical (unpaired) electrons. The summed E-state index contributed by atoms with van der Waals surface area (Å²) >= 11 is 0. The van der Waals surface area contributed by atoms with Crippen LogP contribution in [0.15, 0.2) is 30.3 Å². The minimum absolute atomic E-state index is 0.0196. The summed E-state index contributed by atoms with van der Waals surface area (Å²) in [6.07, 6.45) is 1.61. The van der Waals surface area contributed by atoms with Crippen LogP contribution >= 0.6 is 0 Å². The van der Waals surface area contributed by atoms with Crippen LogP contribution in [0.3, 0.4) is 0 Å². The topological polar surface area (TPSA) is 60.9 Å². The number of benzene rings is 1. The first kappa shape index (κ1) is 17.5. The maximum atomic E-state index is 12.4. The average molecular weight is 318 g/mol. The van der Waals surface area contributed by atoms with Gasteiger partial charge < -0.3 is 14.9 Å². The maximum absolute atomic E-state index is 12.4. The molecule has 1 aromatic rings. The summed E-state index contributed by atoms with van der Waals surface area (Å²) in [5.41, 5.74) is 0.700. The monoisotopic (exact) mass is 318 g/mol. The van der Waals surface area contributed by atoms with E-state index in [4.69, 9.17) is 0 Å². The van der Waals surface area contributed by atoms with Crippen LogP contribution in [0, 0.1) is 5.92 Å². The molecule has 0 aliphatic carbocycles. The molecule has 5 heteroatoms. The Bertz CT molecular complexity index is 522. The standard InChI is InChI=1S/C18H26N2O3/c1-14(21)8-11-19(2)17(22)16-9-12-20(13-10-16)18(23)15-6-4-3-5-7-15/h3-7,14,16,21H,8-13H2,1-2H3. The molecule has 0 aromatic heterocycles. The SMILES string of the molecule is CC(O)CCN(C)C(=O)C1CCN(C(=O)c2ccccc2)CC1. The molecule has 1 atom stereocenters. The molecule has 126 valence electrons. The van der Waals surface area contributed by atoms with E-state index in [0.717, 1.165) is 0 Å². The zero-order valence-electron chi connectivity index (χ0n) is 13.9. The van der Waals surface area contributed by atoms with Gasteiger partial charge in [0, 0.05) is 38.2 Å². The van der Waals surface area contributed by atoms with Gasteiger partial charge in [-0.15, -0.1) is 0 Å². The number of rotatable bonds is 5. The molecule has 0 spiro atoms. The number of amides is 2. The molecule has 5 nitrogen and oxygen atoms in total. The Morgan fingerprint density at radius 2 is 1.87 bits per heavy atom. The molecule has 0 saturated carbocycles. The third-order valence-electron chi connectivity index (χ3n) is 4.41. The van der Waals surface area contributed by atoms with Crippen molar-refractivity contribution in [3.8, 4) is 0 Å². The fourth-order valence-corrected chi connectivity index (χ4v) is 2.90. The third-order valence-corrected chi connectivity index (χ3v) is 4.41. The van der Waals surface area contributed by atoms with Crippen molar-refractivity contribution in [1.82, 2.24) is 9.80 Å². The van der Waals surface area contributed by atoms with Gasteiger partial charge in [0.1, 0.15) is 0 Å². The Hall–Kier alpha value is -1.88. The fourth-order valence-electron chi connectivity index (χ4n) is 2.90. The van der Waals surface area contributed by atoms with E-state index in [1.165, 1.54) is 0 Å². The molecule has 0 bridgehead atoms. The van der Waals surface area contributed by atoms with Crippen LogP contribution in [0.25, 0.3) is 0 Å². The van der Waals surface area contributed by atoms with E-state index in [1.54, 1.807) is 18.9 Å². The molecule has 1 N–H and O–H groups in total. The second-order valence-corrected chi connectivity index (χ2v) is 6.33. The summed E-state index contributed by atoms with van der Waals surface area (Å²) in [7, 11) is 1.78. The highest BCUT2D eigenvalue weighted by molar-refractivity contribution is 5.94. The predicted molar refractivity (Wildman–Crippen MR) is 89.0 cm³/mol. The number of likely N-dealkylation sites (tertiary alicyclic amines) is 1. The number of aliphatic hydroxyl groups excluding tert-OH is 1. The first-order valence-electron chi connectivity index (χ1n) is 8.26. The molecule has 1 aliphatic rings. The van der Waals surface area contributed by atoms with Crippen LogP contribution in [-0.4, -0.2) is 59.5 Å². The van der Waals surface area contributed by atoms with Crippen molar-refractivity contribution in [1.29, 1.82) is 0 Å². The number of aliphatic hydroxyl groups is 1. The summed E-state index contributed by atoms with van der Waals surface area (Å²) in [5.74, 6) is 0.144. The number of carbonyl (C=O) groups is 2. The Balaban J connectivity index is 1.83. The minimum atomic E-state index is -0.393. The normalized spacial score (nSPS) is 16.9. The zero-order valence-corrected chi connectivity index (χ0v) is 13.9. The third kappa shape index (κ3) is 4.79. The van der Waals surface area contributed by atoms with Crippen LogP contribution in [0.1, 0.15) is 36.5 Å². The van der Waals surface area contributed by atoms with Crippen molar-refractivity contribution in [3.63, 3.8) is 0 Å². The van der Waals surface area contributed by atoms with E-state index in [2.05, 4.69) is 0 Å². The Morgan fingerprint density at radius 1 is 1.26 bits per heavy atom. The summed E-state index contributed by atoms with van der Waals surface area (Å²) in [6, 6.07) is 9.26. The van der Waals surface area contributed by atoms with Crippen LogP contribution in [-0.2, 0) is 4.79 Å². The average Bonchev–Trinajstić information content (AvgIpc) is 2.59. The molecule has 1 heterocycles. The van der Waals surface area contributed by atoms with Crippen LogP contribution in [0.4, 0.5) is 0 Å². The van der Waals surface area contributed by atoms with Gasteiger partial charge in [-0.25, -0.2) is 0 Å². The lowest BCUT2D eigenvalue weighted by molar-refractivity contribution is -0.135. The lowest BCUT2D eigenvalue weighted by Crippen LogP contribution is -2.43. The van der Waals surface area contributed by atoms with Crippen molar-refractivity contribution in [3.05, 3.63) is 35.9 Å². The van der Waals surface area contributed by atoms with E-state index in [-0.39, 0.29) is 17.7 Å². The number of nitrogens with zero attached hydrogens (tertiary/aromatic N) is 2. The largest absolute Gasteiger partial charge is 0.393 e. The highest BCUT2D eigenvalue weighted by atomic mass is 16.3. The molecule has 1 fully saturated rings. The van der Waals surface area contributed by atoms with Gasteiger partial charge in [0.15, 0.2) is 0 Å². The Labute approximate surface area is 137 Å². The number of hydrogen-bond acceptors (Lipinski definition) is 3. The number of hydrogen-bond donors (Lipinski definition) is 1. The van der Waals surface area contributed by atoms with E-state index in [1.807, 2.05) is 35.2 Å². The van der Waals surface area contributed by atoms with E-state index in [0.29, 0.717) is 44.5 Å². The molecule has 1 aromatic carbocycles. The van der Waals surface area contributed by atoms with Crippen molar-refractivity contribution < 1.29 is 14.7 Å². The minimum Gasteiger partial charge on any atom is -0.393 e. The van der Waals surface area contributed by atoms with Crippen molar-refractivity contribution >= 4 is 11.8 Å². The van der Waals surface area contributed by atoms with Crippen molar-refractivity contribution in [2.75, 3.05) is 26.7 Å².